The zero-order chi connectivity index (χ0) is 7.82. The van der Waals surface area contributed by atoms with Crippen molar-refractivity contribution in [3.63, 3.8) is 0 Å². The van der Waals surface area contributed by atoms with Crippen molar-refractivity contribution in [2.75, 3.05) is 13.6 Å². The van der Waals surface area contributed by atoms with E-state index in [0.29, 0.717) is 0 Å². The van der Waals surface area contributed by atoms with Gasteiger partial charge in [0.2, 0.25) is 0 Å². The maximum Gasteiger partial charge on any atom is 0.0188 e. The first kappa shape index (κ1) is 9.08. The van der Waals surface area contributed by atoms with Gasteiger partial charge in [0.05, 0.1) is 0 Å². The standard InChI is InChI=1S/C8H16N2/c1-4-6-9-7-8-10(3)5-2/h5,7-9H,2,4,6H2,1,3H3/b8-7-. The predicted octanol–water partition coefficient (Wildman–Crippen LogP) is 1.53. The van der Waals surface area contributed by atoms with Gasteiger partial charge in [-0.2, -0.15) is 0 Å². The molecule has 1 N–H and O–H groups in total. The quantitative estimate of drug-likeness (QED) is 0.583. The van der Waals surface area contributed by atoms with Crippen LogP contribution in [-0.2, 0) is 0 Å². The average Bonchev–Trinajstić information content (AvgIpc) is 1.98. The van der Waals surface area contributed by atoms with Crippen LogP contribution in [0, 0.1) is 0 Å². The van der Waals surface area contributed by atoms with E-state index >= 15 is 0 Å². The van der Waals surface area contributed by atoms with Crippen molar-refractivity contribution >= 4 is 0 Å². The Morgan fingerprint density at radius 2 is 2.30 bits per heavy atom. The zero-order valence-corrected chi connectivity index (χ0v) is 6.80. The monoisotopic (exact) mass is 140 g/mol. The fraction of sp³-hybridized carbons (Fsp3) is 0.500. The minimum Gasteiger partial charge on any atom is -0.390 e. The molecule has 0 aliphatic carbocycles. The van der Waals surface area contributed by atoms with Gasteiger partial charge in [0, 0.05) is 26.0 Å². The number of hydrogen-bond donors (Lipinski definition) is 1. The molecule has 58 valence electrons. The Kier molecular flexibility index (Phi) is 5.63. The maximum absolute atomic E-state index is 3.61. The molecule has 0 amide bonds. The fourth-order valence-electron chi connectivity index (χ4n) is 0.459. The smallest absolute Gasteiger partial charge is 0.0188 e. The molecule has 0 saturated carbocycles. The van der Waals surface area contributed by atoms with Crippen LogP contribution < -0.4 is 5.32 Å². The summed E-state index contributed by atoms with van der Waals surface area (Å²) < 4.78 is 0. The van der Waals surface area contributed by atoms with Crippen molar-refractivity contribution in [1.29, 1.82) is 0 Å². The number of nitrogens with one attached hydrogen (secondary N) is 1. The molecule has 0 aliphatic heterocycles. The topological polar surface area (TPSA) is 15.3 Å². The van der Waals surface area contributed by atoms with Crippen LogP contribution in [0.4, 0.5) is 0 Å². The minimum absolute atomic E-state index is 1.03. The molecule has 0 aliphatic rings. The molecule has 0 bridgehead atoms. The Hall–Kier alpha value is -0.920. The highest BCUT2D eigenvalue weighted by Gasteiger charge is 1.77. The summed E-state index contributed by atoms with van der Waals surface area (Å²) in [5, 5.41) is 3.13. The molecule has 0 unspecified atom stereocenters. The van der Waals surface area contributed by atoms with Crippen molar-refractivity contribution in [2.45, 2.75) is 13.3 Å². The van der Waals surface area contributed by atoms with Crippen LogP contribution in [0.3, 0.4) is 0 Å². The fourth-order valence-corrected chi connectivity index (χ4v) is 0.459. The number of nitrogens with zero attached hydrogens (tertiary/aromatic N) is 1. The lowest BCUT2D eigenvalue weighted by atomic mass is 10.5. The third kappa shape index (κ3) is 5.22. The van der Waals surface area contributed by atoms with Crippen LogP contribution in [0.25, 0.3) is 0 Å². The lowest BCUT2D eigenvalue weighted by Gasteiger charge is -2.04. The molecule has 0 aromatic rings. The van der Waals surface area contributed by atoms with Crippen LogP contribution in [0.2, 0.25) is 0 Å². The Bertz CT molecular complexity index is 108. The highest BCUT2D eigenvalue weighted by atomic mass is 15.1. The SMILES string of the molecule is C=CN(C)/C=C\NCCC. The molecule has 0 saturated heterocycles. The molecule has 0 atom stereocenters. The molecule has 10 heavy (non-hydrogen) atoms. The first-order valence-electron chi connectivity index (χ1n) is 3.55. The van der Waals surface area contributed by atoms with Crippen LogP contribution in [0.15, 0.2) is 25.2 Å². The van der Waals surface area contributed by atoms with E-state index in [4.69, 9.17) is 0 Å². The molecular formula is C8H16N2. The summed E-state index contributed by atoms with van der Waals surface area (Å²) in [4.78, 5) is 1.89. The van der Waals surface area contributed by atoms with E-state index in [2.05, 4.69) is 18.8 Å². The Morgan fingerprint density at radius 1 is 1.60 bits per heavy atom. The van der Waals surface area contributed by atoms with Crippen molar-refractivity contribution < 1.29 is 0 Å². The van der Waals surface area contributed by atoms with Gasteiger partial charge in [0.25, 0.3) is 0 Å². The maximum atomic E-state index is 3.61. The summed E-state index contributed by atoms with van der Waals surface area (Å²) in [6.45, 7) is 6.77. The van der Waals surface area contributed by atoms with Gasteiger partial charge in [0.15, 0.2) is 0 Å². The van der Waals surface area contributed by atoms with Crippen molar-refractivity contribution in [3.05, 3.63) is 25.2 Å². The van der Waals surface area contributed by atoms with Crippen LogP contribution >= 0.6 is 0 Å². The third-order valence-corrected chi connectivity index (χ3v) is 1.11. The highest BCUT2D eigenvalue weighted by Crippen LogP contribution is 1.80. The summed E-state index contributed by atoms with van der Waals surface area (Å²) in [6, 6.07) is 0. The normalized spacial score (nSPS) is 9.80. The highest BCUT2D eigenvalue weighted by molar-refractivity contribution is 4.83. The molecule has 0 radical (unpaired) electrons. The van der Waals surface area contributed by atoms with Gasteiger partial charge in [-0.3, -0.25) is 0 Å². The second-order valence-corrected chi connectivity index (χ2v) is 2.12. The van der Waals surface area contributed by atoms with Crippen molar-refractivity contribution in [2.24, 2.45) is 0 Å². The van der Waals surface area contributed by atoms with E-state index in [-0.39, 0.29) is 0 Å². The molecule has 0 rings (SSSR count). The Labute approximate surface area is 63.2 Å². The van der Waals surface area contributed by atoms with Gasteiger partial charge in [-0.25, -0.2) is 0 Å². The van der Waals surface area contributed by atoms with E-state index in [1.807, 2.05) is 24.3 Å². The Balaban J connectivity index is 3.26. The molecule has 0 heterocycles. The zero-order valence-electron chi connectivity index (χ0n) is 6.80. The van der Waals surface area contributed by atoms with Gasteiger partial charge >= 0.3 is 0 Å². The molecule has 2 heteroatoms. The van der Waals surface area contributed by atoms with Crippen LogP contribution in [0.1, 0.15) is 13.3 Å². The van der Waals surface area contributed by atoms with Gasteiger partial charge in [0.1, 0.15) is 0 Å². The first-order chi connectivity index (χ1) is 4.81. The summed E-state index contributed by atoms with van der Waals surface area (Å²) in [5.74, 6) is 0. The number of rotatable bonds is 5. The summed E-state index contributed by atoms with van der Waals surface area (Å²) >= 11 is 0. The molecule has 2 nitrogen and oxygen atoms in total. The first-order valence-corrected chi connectivity index (χ1v) is 3.55. The summed E-state index contributed by atoms with van der Waals surface area (Å²) in [5.41, 5.74) is 0. The third-order valence-electron chi connectivity index (χ3n) is 1.11. The molecular weight excluding hydrogens is 124 g/mol. The van der Waals surface area contributed by atoms with Gasteiger partial charge < -0.3 is 10.2 Å². The largest absolute Gasteiger partial charge is 0.390 e. The molecule has 0 fully saturated rings. The van der Waals surface area contributed by atoms with E-state index in [1.165, 1.54) is 0 Å². The summed E-state index contributed by atoms with van der Waals surface area (Å²) in [7, 11) is 1.94. The molecule has 0 aromatic heterocycles. The molecule has 0 aromatic carbocycles. The van der Waals surface area contributed by atoms with E-state index in [0.717, 1.165) is 13.0 Å². The second-order valence-electron chi connectivity index (χ2n) is 2.12. The van der Waals surface area contributed by atoms with Gasteiger partial charge in [-0.1, -0.05) is 13.5 Å². The van der Waals surface area contributed by atoms with Crippen LogP contribution in [0.5, 0.6) is 0 Å². The second kappa shape index (κ2) is 6.20. The lowest BCUT2D eigenvalue weighted by molar-refractivity contribution is 0.619. The Morgan fingerprint density at radius 3 is 2.80 bits per heavy atom. The minimum atomic E-state index is 1.03. The van der Waals surface area contributed by atoms with Crippen molar-refractivity contribution in [1.82, 2.24) is 10.2 Å². The predicted molar refractivity (Wildman–Crippen MR) is 45.4 cm³/mol. The lowest BCUT2D eigenvalue weighted by Crippen LogP contribution is -2.08. The average molecular weight is 140 g/mol. The number of hydrogen-bond acceptors (Lipinski definition) is 2. The van der Waals surface area contributed by atoms with E-state index in [1.54, 1.807) is 6.20 Å². The summed E-state index contributed by atoms with van der Waals surface area (Å²) in [6.07, 6.45) is 6.76. The van der Waals surface area contributed by atoms with Gasteiger partial charge in [-0.05, 0) is 12.6 Å². The van der Waals surface area contributed by atoms with Crippen molar-refractivity contribution in [3.8, 4) is 0 Å². The van der Waals surface area contributed by atoms with Crippen LogP contribution in [-0.4, -0.2) is 18.5 Å². The van der Waals surface area contributed by atoms with E-state index < -0.39 is 0 Å². The van der Waals surface area contributed by atoms with E-state index in [9.17, 15) is 0 Å². The molecule has 0 spiro atoms. The van der Waals surface area contributed by atoms with Gasteiger partial charge in [-0.15, -0.1) is 0 Å².